The lowest BCUT2D eigenvalue weighted by Crippen LogP contribution is -2.44. The molecule has 1 heterocycles. The van der Waals surface area contributed by atoms with E-state index in [1.54, 1.807) is 4.90 Å². The highest BCUT2D eigenvalue weighted by molar-refractivity contribution is 6.74. The van der Waals surface area contributed by atoms with E-state index in [4.69, 9.17) is 13.9 Å². The fourth-order valence-electron chi connectivity index (χ4n) is 2.02. The molecule has 136 valence electrons. The van der Waals surface area contributed by atoms with Crippen molar-refractivity contribution in [2.24, 2.45) is 5.92 Å². The molecule has 1 amide bonds. The van der Waals surface area contributed by atoms with Gasteiger partial charge in [-0.25, -0.2) is 4.79 Å². The Bertz CT molecular complexity index is 398. The molecule has 0 N–H and O–H groups in total. The van der Waals surface area contributed by atoms with E-state index in [1.807, 2.05) is 20.8 Å². The first-order valence-electron chi connectivity index (χ1n) is 8.51. The van der Waals surface area contributed by atoms with Gasteiger partial charge in [-0.15, -0.1) is 0 Å². The summed E-state index contributed by atoms with van der Waals surface area (Å²) in [5.41, 5.74) is -0.475. The molecular formula is C17H35NO4Si. The van der Waals surface area contributed by atoms with Crippen LogP contribution in [0.5, 0.6) is 0 Å². The summed E-state index contributed by atoms with van der Waals surface area (Å²) in [4.78, 5) is 14.0. The van der Waals surface area contributed by atoms with Crippen LogP contribution >= 0.6 is 0 Å². The van der Waals surface area contributed by atoms with Crippen LogP contribution in [0.1, 0.15) is 41.5 Å². The quantitative estimate of drug-likeness (QED) is 0.728. The molecule has 0 aromatic rings. The van der Waals surface area contributed by atoms with Gasteiger partial charge in [-0.3, -0.25) is 0 Å². The Labute approximate surface area is 142 Å². The molecule has 1 fully saturated rings. The SMILES string of the molecule is CC(C)(C)OC(=O)N1CCOCC(CO[Si](C)(C)C(C)(C)C)C1. The van der Waals surface area contributed by atoms with Gasteiger partial charge in [-0.1, -0.05) is 20.8 Å². The molecule has 23 heavy (non-hydrogen) atoms. The first kappa shape index (κ1) is 20.5. The predicted octanol–water partition coefficient (Wildman–Crippen LogP) is 3.89. The molecule has 0 spiro atoms. The summed E-state index contributed by atoms with van der Waals surface area (Å²) in [6.07, 6.45) is -0.264. The van der Waals surface area contributed by atoms with Gasteiger partial charge in [0.1, 0.15) is 5.60 Å². The highest BCUT2D eigenvalue weighted by Gasteiger charge is 2.38. The van der Waals surface area contributed by atoms with E-state index >= 15 is 0 Å². The van der Waals surface area contributed by atoms with E-state index in [0.717, 1.165) is 0 Å². The van der Waals surface area contributed by atoms with E-state index in [2.05, 4.69) is 33.9 Å². The van der Waals surface area contributed by atoms with Crippen LogP contribution in [0.4, 0.5) is 4.79 Å². The fraction of sp³-hybridized carbons (Fsp3) is 0.941. The zero-order chi connectivity index (χ0) is 17.9. The van der Waals surface area contributed by atoms with E-state index in [9.17, 15) is 4.79 Å². The highest BCUT2D eigenvalue weighted by Crippen LogP contribution is 2.36. The number of hydrogen-bond donors (Lipinski definition) is 0. The molecule has 0 aliphatic carbocycles. The molecule has 0 saturated carbocycles. The first-order chi connectivity index (χ1) is 10.3. The molecule has 1 unspecified atom stereocenters. The van der Waals surface area contributed by atoms with Crippen molar-refractivity contribution in [1.29, 1.82) is 0 Å². The van der Waals surface area contributed by atoms with Gasteiger partial charge in [0.25, 0.3) is 0 Å². The molecule has 1 rings (SSSR count). The molecule has 0 bridgehead atoms. The van der Waals surface area contributed by atoms with Gasteiger partial charge >= 0.3 is 6.09 Å². The normalized spacial score (nSPS) is 21.0. The van der Waals surface area contributed by atoms with Crippen LogP contribution in [0.25, 0.3) is 0 Å². The largest absolute Gasteiger partial charge is 0.444 e. The summed E-state index contributed by atoms with van der Waals surface area (Å²) in [7, 11) is -1.78. The molecule has 1 aliphatic rings. The second-order valence-corrected chi connectivity index (χ2v) is 13.7. The molecule has 0 aromatic carbocycles. The van der Waals surface area contributed by atoms with Crippen molar-refractivity contribution < 1.29 is 18.7 Å². The monoisotopic (exact) mass is 345 g/mol. The number of nitrogens with zero attached hydrogens (tertiary/aromatic N) is 1. The lowest BCUT2D eigenvalue weighted by atomic mass is 10.1. The molecule has 1 aliphatic heterocycles. The van der Waals surface area contributed by atoms with Crippen molar-refractivity contribution in [2.45, 2.75) is 65.3 Å². The third-order valence-electron chi connectivity index (χ3n) is 4.48. The van der Waals surface area contributed by atoms with Gasteiger partial charge in [0.05, 0.1) is 13.2 Å². The van der Waals surface area contributed by atoms with Crippen LogP contribution in [0.15, 0.2) is 0 Å². The minimum absolute atomic E-state index is 0.184. The number of hydrogen-bond acceptors (Lipinski definition) is 4. The standard InChI is InChI=1S/C17H35NO4Si/c1-16(2,3)22-15(19)18-9-10-20-12-14(11-18)13-21-23(7,8)17(4,5)6/h14H,9-13H2,1-8H3. The second-order valence-electron chi connectivity index (χ2n) is 8.94. The van der Waals surface area contributed by atoms with Gasteiger partial charge in [-0.2, -0.15) is 0 Å². The lowest BCUT2D eigenvalue weighted by molar-refractivity contribution is 0.0225. The lowest BCUT2D eigenvalue weighted by Gasteiger charge is -2.37. The summed E-state index contributed by atoms with van der Waals surface area (Å²) in [5.74, 6) is 0.194. The van der Waals surface area contributed by atoms with Gasteiger partial charge < -0.3 is 18.8 Å². The van der Waals surface area contributed by atoms with Crippen molar-refractivity contribution >= 4 is 14.4 Å². The third kappa shape index (κ3) is 6.81. The third-order valence-corrected chi connectivity index (χ3v) is 8.98. The topological polar surface area (TPSA) is 48.0 Å². The zero-order valence-electron chi connectivity index (χ0n) is 16.2. The van der Waals surface area contributed by atoms with Crippen LogP contribution < -0.4 is 0 Å². The summed E-state index contributed by atoms with van der Waals surface area (Å²) in [6, 6.07) is 0. The van der Waals surface area contributed by atoms with Gasteiger partial charge in [0.15, 0.2) is 8.32 Å². The van der Waals surface area contributed by atoms with Gasteiger partial charge in [-0.05, 0) is 38.9 Å². The fourth-order valence-corrected chi connectivity index (χ4v) is 3.10. The highest BCUT2D eigenvalue weighted by atomic mass is 28.4. The van der Waals surface area contributed by atoms with Crippen molar-refractivity contribution in [1.82, 2.24) is 4.90 Å². The maximum atomic E-state index is 12.3. The first-order valence-corrected chi connectivity index (χ1v) is 11.4. The molecule has 6 heteroatoms. The number of carbonyl (C=O) groups is 1. The summed E-state index contributed by atoms with van der Waals surface area (Å²) in [6.45, 7) is 19.9. The van der Waals surface area contributed by atoms with Gasteiger partial charge in [0.2, 0.25) is 0 Å². The Balaban J connectivity index is 2.61. The van der Waals surface area contributed by atoms with E-state index in [-0.39, 0.29) is 17.0 Å². The predicted molar refractivity (Wildman–Crippen MR) is 95.3 cm³/mol. The van der Waals surface area contributed by atoms with Crippen LogP contribution in [-0.2, 0) is 13.9 Å². The maximum absolute atomic E-state index is 12.3. The summed E-state index contributed by atoms with van der Waals surface area (Å²) >= 11 is 0. The molecule has 0 radical (unpaired) electrons. The van der Waals surface area contributed by atoms with Crippen LogP contribution in [0, 0.1) is 5.92 Å². The Kier molecular flexibility index (Phi) is 6.70. The van der Waals surface area contributed by atoms with E-state index < -0.39 is 13.9 Å². The molecule has 1 saturated heterocycles. The molecular weight excluding hydrogens is 310 g/mol. The Morgan fingerprint density at radius 3 is 2.35 bits per heavy atom. The second kappa shape index (κ2) is 7.53. The Hall–Kier alpha value is -0.593. The maximum Gasteiger partial charge on any atom is 0.410 e. The van der Waals surface area contributed by atoms with E-state index in [1.165, 1.54) is 0 Å². The Morgan fingerprint density at radius 2 is 1.83 bits per heavy atom. The number of ether oxygens (including phenoxy) is 2. The van der Waals surface area contributed by atoms with Crippen LogP contribution in [-0.4, -0.2) is 57.8 Å². The smallest absolute Gasteiger partial charge is 0.410 e. The molecule has 1 atom stereocenters. The molecule has 0 aromatic heterocycles. The minimum Gasteiger partial charge on any atom is -0.444 e. The summed E-state index contributed by atoms with van der Waals surface area (Å²) < 4.78 is 17.4. The average molecular weight is 346 g/mol. The van der Waals surface area contributed by atoms with Crippen LogP contribution in [0.3, 0.4) is 0 Å². The minimum atomic E-state index is -1.78. The van der Waals surface area contributed by atoms with Crippen molar-refractivity contribution in [3.05, 3.63) is 0 Å². The zero-order valence-corrected chi connectivity index (χ0v) is 17.2. The molecule has 5 nitrogen and oxygen atoms in total. The average Bonchev–Trinajstić information content (AvgIpc) is 2.58. The van der Waals surface area contributed by atoms with Gasteiger partial charge in [0, 0.05) is 25.6 Å². The number of amides is 1. The van der Waals surface area contributed by atoms with Crippen LogP contribution in [0.2, 0.25) is 18.1 Å². The summed E-state index contributed by atoms with van der Waals surface area (Å²) in [5, 5.41) is 0.184. The van der Waals surface area contributed by atoms with E-state index in [0.29, 0.717) is 32.9 Å². The number of carbonyl (C=O) groups excluding carboxylic acids is 1. The van der Waals surface area contributed by atoms with Crippen molar-refractivity contribution in [3.63, 3.8) is 0 Å². The van der Waals surface area contributed by atoms with Crippen molar-refractivity contribution in [3.8, 4) is 0 Å². The Morgan fingerprint density at radius 1 is 1.22 bits per heavy atom. The van der Waals surface area contributed by atoms with Crippen molar-refractivity contribution in [2.75, 3.05) is 32.9 Å². The number of rotatable bonds is 3.